The van der Waals surface area contributed by atoms with Crippen LogP contribution in [0.15, 0.2) is 28.1 Å². The molecule has 0 saturated carbocycles. The van der Waals surface area contributed by atoms with Crippen molar-refractivity contribution in [3.63, 3.8) is 0 Å². The third kappa shape index (κ3) is 2.36. The van der Waals surface area contributed by atoms with Crippen LogP contribution in [0.5, 0.6) is 0 Å². The first-order chi connectivity index (χ1) is 7.58. The molecule has 1 aromatic carbocycles. The maximum absolute atomic E-state index is 4.68. The van der Waals surface area contributed by atoms with E-state index in [4.69, 9.17) is 0 Å². The molecule has 0 aliphatic carbocycles. The van der Waals surface area contributed by atoms with Gasteiger partial charge in [0, 0.05) is 5.56 Å². The molecule has 2 rings (SSSR count). The van der Waals surface area contributed by atoms with Crippen molar-refractivity contribution in [1.82, 2.24) is 4.98 Å². The summed E-state index contributed by atoms with van der Waals surface area (Å²) < 4.78 is 1.15. The van der Waals surface area contributed by atoms with Crippen molar-refractivity contribution in [2.24, 2.45) is 0 Å². The van der Waals surface area contributed by atoms with Crippen LogP contribution in [0.1, 0.15) is 31.0 Å². The van der Waals surface area contributed by atoms with E-state index < -0.39 is 0 Å². The molecule has 1 aromatic heterocycles. The fourth-order valence-electron chi connectivity index (χ4n) is 1.49. The Bertz CT molecular complexity index is 485. The highest BCUT2D eigenvalue weighted by Crippen LogP contribution is 2.35. The molecule has 16 heavy (non-hydrogen) atoms. The largest absolute Gasteiger partial charge is 0.240 e. The summed E-state index contributed by atoms with van der Waals surface area (Å²) >= 11 is 5.29. The highest BCUT2D eigenvalue weighted by molar-refractivity contribution is 9.11. The zero-order valence-electron chi connectivity index (χ0n) is 9.62. The Labute approximate surface area is 109 Å². The molecular formula is C13H14BrNS. The SMILES string of the molecule is Cc1ccc(-c2nc(C(C)C)c(Br)s2)cc1. The van der Waals surface area contributed by atoms with E-state index in [0.717, 1.165) is 14.5 Å². The van der Waals surface area contributed by atoms with Crippen molar-refractivity contribution < 1.29 is 0 Å². The lowest BCUT2D eigenvalue weighted by Gasteiger charge is -1.99. The number of aryl methyl sites for hydroxylation is 1. The second-order valence-electron chi connectivity index (χ2n) is 4.20. The lowest BCUT2D eigenvalue weighted by Crippen LogP contribution is -1.88. The van der Waals surface area contributed by atoms with E-state index in [1.807, 2.05) is 0 Å². The van der Waals surface area contributed by atoms with Gasteiger partial charge in [-0.2, -0.15) is 0 Å². The molecule has 84 valence electrons. The van der Waals surface area contributed by atoms with Gasteiger partial charge in [-0.25, -0.2) is 4.98 Å². The maximum atomic E-state index is 4.68. The smallest absolute Gasteiger partial charge is 0.124 e. The van der Waals surface area contributed by atoms with Gasteiger partial charge in [-0.15, -0.1) is 11.3 Å². The summed E-state index contributed by atoms with van der Waals surface area (Å²) in [7, 11) is 0. The van der Waals surface area contributed by atoms with Crippen LogP contribution in [0.3, 0.4) is 0 Å². The normalized spacial score (nSPS) is 11.1. The molecule has 0 spiro atoms. The van der Waals surface area contributed by atoms with Gasteiger partial charge in [-0.3, -0.25) is 0 Å². The molecule has 0 amide bonds. The van der Waals surface area contributed by atoms with Gasteiger partial charge in [-0.05, 0) is 28.8 Å². The zero-order valence-corrected chi connectivity index (χ0v) is 12.0. The number of hydrogen-bond donors (Lipinski definition) is 0. The summed E-state index contributed by atoms with van der Waals surface area (Å²) in [5.74, 6) is 0.463. The fraction of sp³-hybridized carbons (Fsp3) is 0.308. The van der Waals surface area contributed by atoms with Crippen molar-refractivity contribution in [1.29, 1.82) is 0 Å². The van der Waals surface area contributed by atoms with E-state index in [0.29, 0.717) is 5.92 Å². The molecule has 0 aliphatic rings. The highest BCUT2D eigenvalue weighted by atomic mass is 79.9. The topological polar surface area (TPSA) is 12.9 Å². The monoisotopic (exact) mass is 295 g/mol. The molecule has 0 atom stereocenters. The van der Waals surface area contributed by atoms with E-state index >= 15 is 0 Å². The van der Waals surface area contributed by atoms with Gasteiger partial charge < -0.3 is 0 Å². The van der Waals surface area contributed by atoms with Crippen LogP contribution < -0.4 is 0 Å². The molecule has 0 unspecified atom stereocenters. The van der Waals surface area contributed by atoms with E-state index in [1.54, 1.807) is 11.3 Å². The van der Waals surface area contributed by atoms with Crippen LogP contribution in [-0.2, 0) is 0 Å². The zero-order chi connectivity index (χ0) is 11.7. The minimum atomic E-state index is 0.463. The Morgan fingerprint density at radius 2 is 1.81 bits per heavy atom. The van der Waals surface area contributed by atoms with Crippen molar-refractivity contribution in [3.8, 4) is 10.6 Å². The summed E-state index contributed by atoms with van der Waals surface area (Å²) in [5, 5.41) is 1.09. The molecule has 1 heterocycles. The van der Waals surface area contributed by atoms with Gasteiger partial charge in [0.1, 0.15) is 5.01 Å². The first-order valence-electron chi connectivity index (χ1n) is 5.31. The first-order valence-corrected chi connectivity index (χ1v) is 6.92. The number of aromatic nitrogens is 1. The minimum absolute atomic E-state index is 0.463. The Balaban J connectivity index is 2.41. The minimum Gasteiger partial charge on any atom is -0.240 e. The Morgan fingerprint density at radius 1 is 1.19 bits per heavy atom. The lowest BCUT2D eigenvalue weighted by molar-refractivity contribution is 0.829. The molecule has 0 fully saturated rings. The number of halogens is 1. The van der Waals surface area contributed by atoms with Gasteiger partial charge in [0.25, 0.3) is 0 Å². The summed E-state index contributed by atoms with van der Waals surface area (Å²) in [4.78, 5) is 4.68. The molecule has 3 heteroatoms. The lowest BCUT2D eigenvalue weighted by atomic mass is 10.1. The van der Waals surface area contributed by atoms with Crippen LogP contribution in [0, 0.1) is 6.92 Å². The van der Waals surface area contributed by atoms with Crippen molar-refractivity contribution in [2.75, 3.05) is 0 Å². The predicted molar refractivity (Wildman–Crippen MR) is 74.1 cm³/mol. The molecule has 1 nitrogen and oxygen atoms in total. The van der Waals surface area contributed by atoms with Crippen LogP contribution >= 0.6 is 27.3 Å². The predicted octanol–water partition coefficient (Wildman–Crippen LogP) is 5.00. The van der Waals surface area contributed by atoms with Gasteiger partial charge in [-0.1, -0.05) is 43.7 Å². The van der Waals surface area contributed by atoms with Crippen LogP contribution in [0.4, 0.5) is 0 Å². The number of benzene rings is 1. The van der Waals surface area contributed by atoms with Gasteiger partial charge in [0.15, 0.2) is 0 Å². The van der Waals surface area contributed by atoms with E-state index in [9.17, 15) is 0 Å². The molecular weight excluding hydrogens is 282 g/mol. The molecule has 0 saturated heterocycles. The quantitative estimate of drug-likeness (QED) is 0.759. The fourth-order valence-corrected chi connectivity index (χ4v) is 3.45. The molecule has 0 aliphatic heterocycles. The average molecular weight is 296 g/mol. The van der Waals surface area contributed by atoms with Crippen molar-refractivity contribution >= 4 is 27.3 Å². The van der Waals surface area contributed by atoms with E-state index in [2.05, 4.69) is 66.0 Å². The van der Waals surface area contributed by atoms with Crippen LogP contribution in [0.2, 0.25) is 0 Å². The third-order valence-corrected chi connectivity index (χ3v) is 4.26. The first kappa shape index (κ1) is 11.8. The molecule has 0 radical (unpaired) electrons. The Hall–Kier alpha value is -0.670. The van der Waals surface area contributed by atoms with E-state index in [-0.39, 0.29) is 0 Å². The van der Waals surface area contributed by atoms with Crippen LogP contribution in [0.25, 0.3) is 10.6 Å². The van der Waals surface area contributed by atoms with E-state index in [1.165, 1.54) is 11.1 Å². The molecule has 0 N–H and O–H groups in total. The number of rotatable bonds is 2. The summed E-state index contributed by atoms with van der Waals surface area (Å²) in [6.45, 7) is 6.43. The maximum Gasteiger partial charge on any atom is 0.124 e. The standard InChI is InChI=1S/C13H14BrNS/c1-8(2)11-12(14)16-13(15-11)10-6-4-9(3)5-7-10/h4-8H,1-3H3. The highest BCUT2D eigenvalue weighted by Gasteiger charge is 2.12. The number of nitrogens with zero attached hydrogens (tertiary/aromatic N) is 1. The summed E-state index contributed by atoms with van der Waals surface area (Å²) in [6.07, 6.45) is 0. The molecule has 0 bridgehead atoms. The van der Waals surface area contributed by atoms with Crippen molar-refractivity contribution in [3.05, 3.63) is 39.3 Å². The Morgan fingerprint density at radius 3 is 2.31 bits per heavy atom. The summed E-state index contributed by atoms with van der Waals surface area (Å²) in [5.41, 5.74) is 3.63. The average Bonchev–Trinajstić information content (AvgIpc) is 2.61. The van der Waals surface area contributed by atoms with Gasteiger partial charge >= 0.3 is 0 Å². The third-order valence-electron chi connectivity index (χ3n) is 2.46. The van der Waals surface area contributed by atoms with Gasteiger partial charge in [0.05, 0.1) is 9.48 Å². The van der Waals surface area contributed by atoms with Crippen LogP contribution in [-0.4, -0.2) is 4.98 Å². The molecule has 2 aromatic rings. The number of thiazole rings is 1. The second kappa shape index (κ2) is 4.68. The van der Waals surface area contributed by atoms with Crippen molar-refractivity contribution in [2.45, 2.75) is 26.7 Å². The van der Waals surface area contributed by atoms with Gasteiger partial charge in [0.2, 0.25) is 0 Å². The number of hydrogen-bond acceptors (Lipinski definition) is 2. The summed E-state index contributed by atoms with van der Waals surface area (Å²) in [6, 6.07) is 8.51. The Kier molecular flexibility index (Phi) is 3.45. The second-order valence-corrected chi connectivity index (χ2v) is 6.52.